The average Bonchev–Trinajstić information content (AvgIpc) is 3.29. The van der Waals surface area contributed by atoms with Crippen molar-refractivity contribution in [2.45, 2.75) is 32.2 Å². The second-order valence-electron chi connectivity index (χ2n) is 7.61. The minimum atomic E-state index is -0.592. The van der Waals surface area contributed by atoms with Crippen molar-refractivity contribution in [2.75, 3.05) is 13.9 Å². The number of methoxy groups -OCH3 is 1. The van der Waals surface area contributed by atoms with Gasteiger partial charge in [0.15, 0.2) is 23.0 Å². The van der Waals surface area contributed by atoms with Gasteiger partial charge in [-0.1, -0.05) is 36.4 Å². The van der Waals surface area contributed by atoms with Gasteiger partial charge in [0.1, 0.15) is 6.61 Å². The second kappa shape index (κ2) is 11.6. The highest BCUT2D eigenvalue weighted by Crippen LogP contribution is 2.38. The molecular weight excluding hydrogens is 510 g/mol. The Morgan fingerprint density at radius 1 is 1.03 bits per heavy atom. The Hall–Kier alpha value is -2.45. The van der Waals surface area contributed by atoms with Gasteiger partial charge in [-0.25, -0.2) is 0 Å². The molecule has 0 amide bonds. The number of nitrogens with one attached hydrogen (secondary N) is 1. The molecule has 0 fully saturated rings. The van der Waals surface area contributed by atoms with E-state index in [1.54, 1.807) is 7.11 Å². The van der Waals surface area contributed by atoms with Gasteiger partial charge in [-0.2, -0.15) is 0 Å². The van der Waals surface area contributed by atoms with Crippen LogP contribution in [-0.4, -0.2) is 25.1 Å². The molecule has 176 valence electrons. The van der Waals surface area contributed by atoms with Crippen LogP contribution in [0.3, 0.4) is 0 Å². The molecule has 3 aromatic carbocycles. The summed E-state index contributed by atoms with van der Waals surface area (Å²) < 4.78 is 23.2. The maximum absolute atomic E-state index is 10.6. The fraction of sp³-hybridized carbons (Fsp3) is 0.280. The molecule has 0 bridgehead atoms. The van der Waals surface area contributed by atoms with Crippen LogP contribution in [0.15, 0.2) is 65.1 Å². The van der Waals surface area contributed by atoms with E-state index in [1.165, 1.54) is 0 Å². The number of ether oxygens (including phenoxy) is 4. The van der Waals surface area contributed by atoms with Crippen LogP contribution in [0.1, 0.15) is 29.7 Å². The quantitative estimate of drug-likeness (QED) is 0.382. The number of hydrogen-bond donors (Lipinski definition) is 2. The third-order valence-corrected chi connectivity index (χ3v) is 5.94. The van der Waals surface area contributed by atoms with E-state index in [0.717, 1.165) is 32.7 Å². The highest BCUT2D eigenvalue weighted by atomic mass is 79.9. The molecule has 2 atom stereocenters. The normalized spacial score (nSPS) is 13.7. The Kier molecular flexibility index (Phi) is 8.86. The fourth-order valence-corrected chi connectivity index (χ4v) is 4.13. The molecule has 8 heteroatoms. The van der Waals surface area contributed by atoms with Gasteiger partial charge in [-0.15, -0.1) is 12.4 Å². The van der Waals surface area contributed by atoms with Crippen LogP contribution < -0.4 is 24.3 Å². The molecular formula is C25H27BrClNO5. The van der Waals surface area contributed by atoms with Gasteiger partial charge in [0.25, 0.3) is 0 Å². The Labute approximate surface area is 208 Å². The molecule has 1 aliphatic heterocycles. The minimum Gasteiger partial charge on any atom is -0.493 e. The largest absolute Gasteiger partial charge is 0.493 e. The van der Waals surface area contributed by atoms with Gasteiger partial charge in [-0.05, 0) is 63.8 Å². The lowest BCUT2D eigenvalue weighted by Gasteiger charge is -2.21. The summed E-state index contributed by atoms with van der Waals surface area (Å²) in [4.78, 5) is 0. The monoisotopic (exact) mass is 535 g/mol. The molecule has 4 rings (SSSR count). The molecule has 0 aliphatic carbocycles. The summed E-state index contributed by atoms with van der Waals surface area (Å²) in [6.07, 6.45) is -0.592. The third kappa shape index (κ3) is 6.12. The van der Waals surface area contributed by atoms with Crippen molar-refractivity contribution in [1.82, 2.24) is 5.32 Å². The SMILES string of the molecule is COc1cc(CNC(C)C(O)c2ccccc2)cc(Br)c1OCc1ccc2c(c1)OCO2.Cl. The van der Waals surface area contributed by atoms with Crippen molar-refractivity contribution < 1.29 is 24.1 Å². The summed E-state index contributed by atoms with van der Waals surface area (Å²) in [6, 6.07) is 19.2. The molecule has 0 saturated carbocycles. The lowest BCUT2D eigenvalue weighted by molar-refractivity contribution is 0.135. The van der Waals surface area contributed by atoms with E-state index in [2.05, 4.69) is 21.2 Å². The molecule has 0 radical (unpaired) electrons. The predicted molar refractivity (Wildman–Crippen MR) is 133 cm³/mol. The van der Waals surface area contributed by atoms with Gasteiger partial charge in [0.2, 0.25) is 6.79 Å². The van der Waals surface area contributed by atoms with Crippen molar-refractivity contribution in [3.63, 3.8) is 0 Å². The Morgan fingerprint density at radius 3 is 2.55 bits per heavy atom. The highest BCUT2D eigenvalue weighted by Gasteiger charge is 2.18. The van der Waals surface area contributed by atoms with E-state index >= 15 is 0 Å². The lowest BCUT2D eigenvalue weighted by atomic mass is 10.0. The van der Waals surface area contributed by atoms with Crippen molar-refractivity contribution >= 4 is 28.3 Å². The van der Waals surface area contributed by atoms with Gasteiger partial charge in [0, 0.05) is 12.6 Å². The topological polar surface area (TPSA) is 69.2 Å². The number of halogens is 2. The smallest absolute Gasteiger partial charge is 0.231 e. The van der Waals surface area contributed by atoms with E-state index in [4.69, 9.17) is 18.9 Å². The summed E-state index contributed by atoms with van der Waals surface area (Å²) in [7, 11) is 1.62. The zero-order valence-electron chi connectivity index (χ0n) is 18.4. The predicted octanol–water partition coefficient (Wildman–Crippen LogP) is 5.40. The lowest BCUT2D eigenvalue weighted by Crippen LogP contribution is -2.31. The molecule has 0 saturated heterocycles. The van der Waals surface area contributed by atoms with E-state index in [1.807, 2.05) is 67.6 Å². The van der Waals surface area contributed by atoms with Crippen molar-refractivity contribution in [3.8, 4) is 23.0 Å². The van der Waals surface area contributed by atoms with Gasteiger partial charge in [0.05, 0.1) is 17.7 Å². The summed E-state index contributed by atoms with van der Waals surface area (Å²) in [5, 5.41) is 14.0. The summed E-state index contributed by atoms with van der Waals surface area (Å²) >= 11 is 3.61. The molecule has 1 heterocycles. The van der Waals surface area contributed by atoms with Gasteiger partial charge in [-0.3, -0.25) is 0 Å². The van der Waals surface area contributed by atoms with Crippen LogP contribution in [0.4, 0.5) is 0 Å². The van der Waals surface area contributed by atoms with Crippen LogP contribution >= 0.6 is 28.3 Å². The molecule has 2 N–H and O–H groups in total. The average molecular weight is 537 g/mol. The number of aliphatic hydroxyl groups is 1. The zero-order valence-corrected chi connectivity index (χ0v) is 20.8. The summed E-state index contributed by atoms with van der Waals surface area (Å²) in [6.45, 7) is 3.15. The summed E-state index contributed by atoms with van der Waals surface area (Å²) in [5.41, 5.74) is 2.87. The van der Waals surface area contributed by atoms with Crippen LogP contribution in [0, 0.1) is 0 Å². The first-order chi connectivity index (χ1) is 15.5. The van der Waals surface area contributed by atoms with Crippen LogP contribution in [0.2, 0.25) is 0 Å². The van der Waals surface area contributed by atoms with E-state index in [-0.39, 0.29) is 25.2 Å². The third-order valence-electron chi connectivity index (χ3n) is 5.35. The Balaban J connectivity index is 0.00000306. The van der Waals surface area contributed by atoms with Crippen LogP contribution in [0.25, 0.3) is 0 Å². The first-order valence-electron chi connectivity index (χ1n) is 10.4. The van der Waals surface area contributed by atoms with Crippen LogP contribution in [0.5, 0.6) is 23.0 Å². The maximum atomic E-state index is 10.6. The van der Waals surface area contributed by atoms with Crippen molar-refractivity contribution in [1.29, 1.82) is 0 Å². The number of benzene rings is 3. The zero-order chi connectivity index (χ0) is 22.5. The first kappa shape index (κ1) is 25.2. The van der Waals surface area contributed by atoms with E-state index < -0.39 is 6.10 Å². The molecule has 0 aromatic heterocycles. The molecule has 33 heavy (non-hydrogen) atoms. The standard InChI is InChI=1S/C25H26BrNO5.ClH/c1-16(24(28)19-6-4-3-5-7-19)27-13-18-10-20(26)25(23(12-18)29-2)30-14-17-8-9-21-22(11-17)32-15-31-21;/h3-12,16,24,27-28H,13-15H2,1-2H3;1H. The Morgan fingerprint density at radius 2 is 1.79 bits per heavy atom. The van der Waals surface area contributed by atoms with Crippen molar-refractivity contribution in [2.24, 2.45) is 0 Å². The number of aliphatic hydroxyl groups excluding tert-OH is 1. The number of rotatable bonds is 9. The van der Waals surface area contributed by atoms with Crippen LogP contribution in [-0.2, 0) is 13.2 Å². The molecule has 6 nitrogen and oxygen atoms in total. The van der Waals surface area contributed by atoms with Gasteiger partial charge < -0.3 is 29.4 Å². The van der Waals surface area contributed by atoms with E-state index in [0.29, 0.717) is 24.7 Å². The number of fused-ring (bicyclic) bond motifs is 1. The van der Waals surface area contributed by atoms with E-state index in [9.17, 15) is 5.11 Å². The summed E-state index contributed by atoms with van der Waals surface area (Å²) in [5.74, 6) is 2.74. The first-order valence-corrected chi connectivity index (χ1v) is 11.2. The molecule has 1 aliphatic rings. The second-order valence-corrected chi connectivity index (χ2v) is 8.46. The van der Waals surface area contributed by atoms with Gasteiger partial charge >= 0.3 is 0 Å². The van der Waals surface area contributed by atoms with Crippen molar-refractivity contribution in [3.05, 3.63) is 81.8 Å². The fourth-order valence-electron chi connectivity index (χ4n) is 3.53. The Bertz CT molecular complexity index is 1070. The highest BCUT2D eigenvalue weighted by molar-refractivity contribution is 9.10. The molecule has 0 spiro atoms. The maximum Gasteiger partial charge on any atom is 0.231 e. The number of hydrogen-bond acceptors (Lipinski definition) is 6. The molecule has 2 unspecified atom stereocenters. The molecule has 3 aromatic rings. The minimum absolute atomic E-state index is 0.